The van der Waals surface area contributed by atoms with Gasteiger partial charge < -0.3 is 9.42 Å². The van der Waals surface area contributed by atoms with E-state index < -0.39 is 10.0 Å². The zero-order valence-corrected chi connectivity index (χ0v) is 16.7. The zero-order valence-electron chi connectivity index (χ0n) is 15.9. The van der Waals surface area contributed by atoms with Crippen LogP contribution >= 0.6 is 0 Å². The number of hydrogen-bond donors (Lipinski definition) is 0. The van der Waals surface area contributed by atoms with Gasteiger partial charge in [-0.2, -0.15) is 9.29 Å². The van der Waals surface area contributed by atoms with Crippen LogP contribution < -0.4 is 0 Å². The highest BCUT2D eigenvalue weighted by molar-refractivity contribution is 7.89. The molecule has 0 radical (unpaired) electrons. The molecule has 8 heteroatoms. The minimum Gasteiger partial charge on any atom is -0.334 e. The molecule has 1 aliphatic rings. The molecule has 0 unspecified atom stereocenters. The average molecular weight is 398 g/mol. The maximum atomic E-state index is 13.0. The number of aromatic nitrogens is 2. The first-order valence-corrected chi connectivity index (χ1v) is 10.6. The van der Waals surface area contributed by atoms with Gasteiger partial charge in [0.1, 0.15) is 0 Å². The minimum absolute atomic E-state index is 0.240. The Balaban J connectivity index is 1.61. The van der Waals surface area contributed by atoms with E-state index in [4.69, 9.17) is 4.52 Å². The van der Waals surface area contributed by atoms with E-state index in [0.29, 0.717) is 30.4 Å². The van der Waals surface area contributed by atoms with Crippen LogP contribution in [0.1, 0.15) is 5.56 Å². The summed E-state index contributed by atoms with van der Waals surface area (Å²) < 4.78 is 32.9. The Morgan fingerprint density at radius 2 is 1.68 bits per heavy atom. The number of nitrogens with zero attached hydrogens (tertiary/aromatic N) is 4. The van der Waals surface area contributed by atoms with Crippen molar-refractivity contribution in [3.05, 3.63) is 54.1 Å². The molecule has 28 heavy (non-hydrogen) atoms. The van der Waals surface area contributed by atoms with Crippen LogP contribution in [0, 0.1) is 6.92 Å². The van der Waals surface area contributed by atoms with Crippen molar-refractivity contribution in [2.45, 2.75) is 11.8 Å². The van der Waals surface area contributed by atoms with Crippen molar-refractivity contribution in [1.82, 2.24) is 19.3 Å². The Morgan fingerprint density at radius 1 is 0.964 bits per heavy atom. The van der Waals surface area contributed by atoms with Gasteiger partial charge >= 0.3 is 0 Å². The van der Waals surface area contributed by atoms with Crippen molar-refractivity contribution in [1.29, 1.82) is 0 Å². The third kappa shape index (κ3) is 3.71. The molecule has 146 valence electrons. The van der Waals surface area contributed by atoms with Crippen LogP contribution in [0.4, 0.5) is 0 Å². The molecule has 0 aliphatic carbocycles. The summed E-state index contributed by atoms with van der Waals surface area (Å²) in [6.07, 6.45) is 0. The molecule has 1 fully saturated rings. The first-order valence-electron chi connectivity index (χ1n) is 9.13. The zero-order chi connectivity index (χ0) is 19.7. The molecule has 0 spiro atoms. The van der Waals surface area contributed by atoms with Crippen LogP contribution in [0.2, 0.25) is 0 Å². The molecule has 0 amide bonds. The molecule has 0 atom stereocenters. The molecule has 2 heterocycles. The number of sulfonamides is 1. The van der Waals surface area contributed by atoms with Gasteiger partial charge in [-0.3, -0.25) is 0 Å². The Morgan fingerprint density at radius 3 is 2.39 bits per heavy atom. The van der Waals surface area contributed by atoms with Gasteiger partial charge in [0.15, 0.2) is 0 Å². The van der Waals surface area contributed by atoms with E-state index in [0.717, 1.165) is 24.2 Å². The monoisotopic (exact) mass is 398 g/mol. The Labute approximate surface area is 164 Å². The molecule has 7 nitrogen and oxygen atoms in total. The first-order chi connectivity index (χ1) is 13.4. The van der Waals surface area contributed by atoms with Gasteiger partial charge in [-0.25, -0.2) is 8.42 Å². The fraction of sp³-hybridized carbons (Fsp3) is 0.300. The lowest BCUT2D eigenvalue weighted by molar-refractivity contribution is 0.222. The number of benzene rings is 2. The normalized spacial score (nSPS) is 16.4. The number of piperazine rings is 1. The lowest BCUT2D eigenvalue weighted by Gasteiger charge is -2.31. The SMILES string of the molecule is Cc1ccc(-c2noc(-c3cccc(S(=O)(=O)N4CCN(C)CC4)c3)n2)cc1. The summed E-state index contributed by atoms with van der Waals surface area (Å²) >= 11 is 0. The van der Waals surface area contributed by atoms with E-state index in [1.807, 2.05) is 38.2 Å². The Hall–Kier alpha value is -2.55. The molecular weight excluding hydrogens is 376 g/mol. The highest BCUT2D eigenvalue weighted by Gasteiger charge is 2.28. The van der Waals surface area contributed by atoms with Crippen LogP contribution in [0.3, 0.4) is 0 Å². The van der Waals surface area contributed by atoms with Gasteiger partial charge in [0.25, 0.3) is 5.89 Å². The molecular formula is C20H22N4O3S. The second kappa shape index (κ2) is 7.46. The molecule has 3 aromatic rings. The average Bonchev–Trinajstić information content (AvgIpc) is 3.19. The van der Waals surface area contributed by atoms with Gasteiger partial charge in [-0.05, 0) is 32.2 Å². The summed E-state index contributed by atoms with van der Waals surface area (Å²) in [5.41, 5.74) is 2.58. The second-order valence-corrected chi connectivity index (χ2v) is 8.96. The van der Waals surface area contributed by atoms with Crippen LogP contribution in [0.25, 0.3) is 22.8 Å². The Bertz CT molecular complexity index is 1070. The van der Waals surface area contributed by atoms with Gasteiger partial charge in [-0.1, -0.05) is 41.1 Å². The standard InChI is InChI=1S/C20H22N4O3S/c1-15-6-8-16(9-7-15)19-21-20(27-22-19)17-4-3-5-18(14-17)28(25,26)24-12-10-23(2)11-13-24/h3-9,14H,10-13H2,1-2H3. The van der Waals surface area contributed by atoms with Crippen molar-refractivity contribution >= 4 is 10.0 Å². The Kier molecular flexibility index (Phi) is 5.01. The van der Waals surface area contributed by atoms with E-state index in [2.05, 4.69) is 15.0 Å². The predicted octanol–water partition coefficient (Wildman–Crippen LogP) is 2.65. The maximum Gasteiger partial charge on any atom is 0.258 e. The van der Waals surface area contributed by atoms with Crippen molar-refractivity contribution < 1.29 is 12.9 Å². The van der Waals surface area contributed by atoms with Crippen LogP contribution in [-0.2, 0) is 10.0 Å². The van der Waals surface area contributed by atoms with Gasteiger partial charge in [0.05, 0.1) is 4.90 Å². The number of aryl methyl sites for hydroxylation is 1. The van der Waals surface area contributed by atoms with Crippen molar-refractivity contribution in [3.63, 3.8) is 0 Å². The number of rotatable bonds is 4. The summed E-state index contributed by atoms with van der Waals surface area (Å²) in [5.74, 6) is 0.772. The lowest BCUT2D eigenvalue weighted by atomic mass is 10.1. The van der Waals surface area contributed by atoms with E-state index in [-0.39, 0.29) is 4.90 Å². The van der Waals surface area contributed by atoms with Gasteiger partial charge in [-0.15, -0.1) is 0 Å². The summed E-state index contributed by atoms with van der Waals surface area (Å²) in [6.45, 7) is 4.44. The van der Waals surface area contributed by atoms with E-state index in [1.54, 1.807) is 24.3 Å². The summed E-state index contributed by atoms with van der Waals surface area (Å²) in [6, 6.07) is 14.5. The van der Waals surface area contributed by atoms with Crippen LogP contribution in [-0.4, -0.2) is 61.0 Å². The highest BCUT2D eigenvalue weighted by atomic mass is 32.2. The van der Waals surface area contributed by atoms with E-state index in [1.165, 1.54) is 4.31 Å². The summed E-state index contributed by atoms with van der Waals surface area (Å²) in [7, 11) is -1.56. The highest BCUT2D eigenvalue weighted by Crippen LogP contribution is 2.26. The number of likely N-dealkylation sites (N-methyl/N-ethyl adjacent to an activating group) is 1. The topological polar surface area (TPSA) is 79.5 Å². The maximum absolute atomic E-state index is 13.0. The van der Waals surface area contributed by atoms with Crippen molar-refractivity contribution in [2.75, 3.05) is 33.2 Å². The van der Waals surface area contributed by atoms with Crippen molar-refractivity contribution in [2.24, 2.45) is 0 Å². The molecule has 1 aromatic heterocycles. The van der Waals surface area contributed by atoms with Crippen molar-refractivity contribution in [3.8, 4) is 22.8 Å². The van der Waals surface area contributed by atoms with E-state index >= 15 is 0 Å². The van der Waals surface area contributed by atoms with Gasteiger partial charge in [0.2, 0.25) is 15.8 Å². The molecule has 1 aliphatic heterocycles. The molecule has 2 aromatic carbocycles. The van der Waals surface area contributed by atoms with Gasteiger partial charge in [0, 0.05) is 37.3 Å². The molecule has 0 saturated carbocycles. The molecule has 4 rings (SSSR count). The minimum atomic E-state index is -3.55. The lowest BCUT2D eigenvalue weighted by Crippen LogP contribution is -2.47. The summed E-state index contributed by atoms with van der Waals surface area (Å²) in [4.78, 5) is 6.79. The fourth-order valence-corrected chi connectivity index (χ4v) is 4.60. The quantitative estimate of drug-likeness (QED) is 0.672. The van der Waals surface area contributed by atoms with E-state index in [9.17, 15) is 8.42 Å². The third-order valence-electron chi connectivity index (χ3n) is 4.92. The largest absolute Gasteiger partial charge is 0.334 e. The summed E-state index contributed by atoms with van der Waals surface area (Å²) in [5, 5.41) is 4.03. The molecule has 0 N–H and O–H groups in total. The smallest absolute Gasteiger partial charge is 0.258 e. The first kappa shape index (κ1) is 18.8. The third-order valence-corrected chi connectivity index (χ3v) is 6.81. The van der Waals surface area contributed by atoms with Crippen LogP contribution in [0.15, 0.2) is 57.9 Å². The number of hydrogen-bond acceptors (Lipinski definition) is 6. The predicted molar refractivity (Wildman–Crippen MR) is 106 cm³/mol. The second-order valence-electron chi connectivity index (χ2n) is 7.02. The molecule has 1 saturated heterocycles. The fourth-order valence-electron chi connectivity index (χ4n) is 3.13. The molecule has 0 bridgehead atoms. The van der Waals surface area contributed by atoms with Crippen LogP contribution in [0.5, 0.6) is 0 Å².